The molecule has 1 aliphatic heterocycles. The van der Waals surface area contributed by atoms with Gasteiger partial charge in [-0.05, 0) is 12.1 Å². The lowest BCUT2D eigenvalue weighted by molar-refractivity contribution is -0.143. The molecule has 1 aromatic carbocycles. The number of hydrogen-bond acceptors (Lipinski definition) is 4. The van der Waals surface area contributed by atoms with E-state index in [0.29, 0.717) is 0 Å². The third-order valence-corrected chi connectivity index (χ3v) is 2.98. The number of anilines is 1. The standard InChI is InChI=1S/C11H11NO2S/c1-2-5-10(13)14-11-12-8-6-3-4-7-9(8)15-11/h2-4,6-7,11-12H,1,5H2. The molecule has 1 heterocycles. The molecule has 2 rings (SSSR count). The van der Waals surface area contributed by atoms with E-state index in [1.54, 1.807) is 0 Å². The lowest BCUT2D eigenvalue weighted by Gasteiger charge is -2.10. The van der Waals surface area contributed by atoms with Crippen molar-refractivity contribution >= 4 is 23.4 Å². The summed E-state index contributed by atoms with van der Waals surface area (Å²) < 4.78 is 5.18. The van der Waals surface area contributed by atoms with Crippen molar-refractivity contribution in [3.63, 3.8) is 0 Å². The predicted molar refractivity (Wildman–Crippen MR) is 60.6 cm³/mol. The summed E-state index contributed by atoms with van der Waals surface area (Å²) in [5.74, 6) is -0.261. The van der Waals surface area contributed by atoms with E-state index in [2.05, 4.69) is 11.9 Å². The second-order valence-corrected chi connectivity index (χ2v) is 4.18. The summed E-state index contributed by atoms with van der Waals surface area (Å²) >= 11 is 1.50. The van der Waals surface area contributed by atoms with Gasteiger partial charge >= 0.3 is 5.97 Å². The molecule has 3 nitrogen and oxygen atoms in total. The summed E-state index contributed by atoms with van der Waals surface area (Å²) in [6.45, 7) is 3.49. The number of carbonyl (C=O) groups excluding carboxylic acids is 1. The van der Waals surface area contributed by atoms with Gasteiger partial charge in [0.05, 0.1) is 12.1 Å². The van der Waals surface area contributed by atoms with Crippen LogP contribution >= 0.6 is 11.8 Å². The van der Waals surface area contributed by atoms with Crippen molar-refractivity contribution in [2.45, 2.75) is 16.9 Å². The second-order valence-electron chi connectivity index (χ2n) is 3.07. The van der Waals surface area contributed by atoms with Crippen molar-refractivity contribution < 1.29 is 9.53 Å². The Hall–Kier alpha value is -1.42. The fourth-order valence-electron chi connectivity index (χ4n) is 1.30. The maximum Gasteiger partial charge on any atom is 0.312 e. The van der Waals surface area contributed by atoms with Gasteiger partial charge in [0.25, 0.3) is 0 Å². The molecule has 0 bridgehead atoms. The summed E-state index contributed by atoms with van der Waals surface area (Å²) in [6, 6.07) is 7.86. The van der Waals surface area contributed by atoms with Crippen LogP contribution in [0.25, 0.3) is 0 Å². The zero-order chi connectivity index (χ0) is 10.7. The summed E-state index contributed by atoms with van der Waals surface area (Å²) in [5.41, 5.74) is 0.703. The van der Waals surface area contributed by atoms with E-state index >= 15 is 0 Å². The molecular formula is C11H11NO2S. The van der Waals surface area contributed by atoms with Gasteiger partial charge in [0.15, 0.2) is 0 Å². The van der Waals surface area contributed by atoms with E-state index < -0.39 is 0 Å². The predicted octanol–water partition coefficient (Wildman–Crippen LogP) is 2.61. The van der Waals surface area contributed by atoms with E-state index in [0.717, 1.165) is 10.6 Å². The Labute approximate surface area is 92.5 Å². The molecule has 0 amide bonds. The first-order valence-corrected chi connectivity index (χ1v) is 5.50. The smallest absolute Gasteiger partial charge is 0.312 e. The molecular weight excluding hydrogens is 210 g/mol. The molecule has 15 heavy (non-hydrogen) atoms. The molecule has 4 heteroatoms. The van der Waals surface area contributed by atoms with Gasteiger partial charge in [0.1, 0.15) is 0 Å². The molecule has 1 atom stereocenters. The van der Waals surface area contributed by atoms with E-state index in [9.17, 15) is 4.79 Å². The van der Waals surface area contributed by atoms with Crippen molar-refractivity contribution in [3.05, 3.63) is 36.9 Å². The minimum atomic E-state index is -0.310. The minimum absolute atomic E-state index is 0.245. The highest BCUT2D eigenvalue weighted by Gasteiger charge is 2.23. The van der Waals surface area contributed by atoms with E-state index in [1.165, 1.54) is 17.8 Å². The van der Waals surface area contributed by atoms with Gasteiger partial charge < -0.3 is 10.1 Å². The summed E-state index contributed by atoms with van der Waals surface area (Å²) in [4.78, 5) is 12.3. The Balaban J connectivity index is 1.96. The third-order valence-electron chi connectivity index (χ3n) is 1.94. The normalized spacial score (nSPS) is 17.7. The van der Waals surface area contributed by atoms with Gasteiger partial charge in [-0.25, -0.2) is 0 Å². The average Bonchev–Trinajstić information content (AvgIpc) is 2.59. The molecule has 0 spiro atoms. The Bertz CT molecular complexity index is 367. The zero-order valence-electron chi connectivity index (χ0n) is 8.10. The molecule has 0 saturated carbocycles. The monoisotopic (exact) mass is 221 g/mol. The minimum Gasteiger partial charge on any atom is -0.431 e. The second kappa shape index (κ2) is 4.40. The van der Waals surface area contributed by atoms with Gasteiger partial charge in [-0.3, -0.25) is 4.79 Å². The molecule has 78 valence electrons. The fraction of sp³-hybridized carbons (Fsp3) is 0.182. The van der Waals surface area contributed by atoms with Crippen LogP contribution in [0, 0.1) is 0 Å². The SMILES string of the molecule is C=CCC(=O)OC1Nc2ccccc2S1. The Morgan fingerprint density at radius 3 is 3.13 bits per heavy atom. The van der Waals surface area contributed by atoms with Gasteiger partial charge in [-0.15, -0.1) is 6.58 Å². The number of ether oxygens (including phenoxy) is 1. The topological polar surface area (TPSA) is 38.3 Å². The molecule has 0 radical (unpaired) electrons. The van der Waals surface area contributed by atoms with Crippen molar-refractivity contribution in [3.8, 4) is 0 Å². The molecule has 0 aromatic heterocycles. The van der Waals surface area contributed by atoms with Crippen LogP contribution in [0.5, 0.6) is 0 Å². The zero-order valence-corrected chi connectivity index (χ0v) is 8.92. The van der Waals surface area contributed by atoms with E-state index in [-0.39, 0.29) is 18.0 Å². The van der Waals surface area contributed by atoms with Crippen LogP contribution in [0.1, 0.15) is 6.42 Å². The Morgan fingerprint density at radius 2 is 2.40 bits per heavy atom. The number of carbonyl (C=O) groups is 1. The summed E-state index contributed by atoms with van der Waals surface area (Å²) in [7, 11) is 0. The lowest BCUT2D eigenvalue weighted by atomic mass is 10.3. The molecule has 0 saturated heterocycles. The number of thioether (sulfide) groups is 1. The molecule has 1 unspecified atom stereocenters. The largest absolute Gasteiger partial charge is 0.431 e. The highest BCUT2D eigenvalue weighted by Crippen LogP contribution is 2.38. The van der Waals surface area contributed by atoms with Crippen LogP contribution in [0.2, 0.25) is 0 Å². The van der Waals surface area contributed by atoms with Crippen molar-refractivity contribution in [2.24, 2.45) is 0 Å². The molecule has 0 aliphatic carbocycles. The number of para-hydroxylation sites is 1. The van der Waals surface area contributed by atoms with Gasteiger partial charge in [-0.1, -0.05) is 30.0 Å². The molecule has 1 N–H and O–H groups in total. The van der Waals surface area contributed by atoms with E-state index in [1.807, 2.05) is 24.3 Å². The van der Waals surface area contributed by atoms with E-state index in [4.69, 9.17) is 4.74 Å². The van der Waals surface area contributed by atoms with Gasteiger partial charge in [-0.2, -0.15) is 0 Å². The van der Waals surface area contributed by atoms with Crippen LogP contribution < -0.4 is 5.32 Å². The fourth-order valence-corrected chi connectivity index (χ4v) is 2.28. The van der Waals surface area contributed by atoms with Crippen LogP contribution in [0.15, 0.2) is 41.8 Å². The van der Waals surface area contributed by atoms with Crippen molar-refractivity contribution in [1.29, 1.82) is 0 Å². The van der Waals surface area contributed by atoms with Gasteiger partial charge in [0, 0.05) is 4.90 Å². The Kier molecular flexibility index (Phi) is 2.97. The van der Waals surface area contributed by atoms with Crippen LogP contribution in [0.3, 0.4) is 0 Å². The quantitative estimate of drug-likeness (QED) is 0.629. The number of fused-ring (bicyclic) bond motifs is 1. The average molecular weight is 221 g/mol. The van der Waals surface area contributed by atoms with Crippen LogP contribution in [-0.4, -0.2) is 11.5 Å². The highest BCUT2D eigenvalue weighted by molar-refractivity contribution is 8.00. The van der Waals surface area contributed by atoms with Crippen molar-refractivity contribution in [2.75, 3.05) is 5.32 Å². The maximum absolute atomic E-state index is 11.2. The number of nitrogens with one attached hydrogen (secondary N) is 1. The number of esters is 1. The Morgan fingerprint density at radius 1 is 1.60 bits per heavy atom. The lowest BCUT2D eigenvalue weighted by Crippen LogP contribution is -2.18. The molecule has 1 aromatic rings. The van der Waals surface area contributed by atoms with Crippen molar-refractivity contribution in [1.82, 2.24) is 0 Å². The maximum atomic E-state index is 11.2. The third kappa shape index (κ3) is 2.33. The first kappa shape index (κ1) is 10.1. The first-order valence-electron chi connectivity index (χ1n) is 4.62. The van der Waals surface area contributed by atoms with Crippen LogP contribution in [0.4, 0.5) is 5.69 Å². The first-order chi connectivity index (χ1) is 7.29. The summed E-state index contributed by atoms with van der Waals surface area (Å²) in [6.07, 6.45) is 1.78. The molecule has 1 aliphatic rings. The highest BCUT2D eigenvalue weighted by atomic mass is 32.2. The van der Waals surface area contributed by atoms with Crippen LogP contribution in [-0.2, 0) is 9.53 Å². The number of rotatable bonds is 3. The number of hydrogen-bond donors (Lipinski definition) is 1. The van der Waals surface area contributed by atoms with Gasteiger partial charge in [0.2, 0.25) is 5.56 Å². The molecule has 0 fully saturated rings. The number of benzene rings is 1. The summed E-state index contributed by atoms with van der Waals surface area (Å²) in [5, 5.41) is 3.11.